The summed E-state index contributed by atoms with van der Waals surface area (Å²) in [5.74, 6) is 1.36. The van der Waals surface area contributed by atoms with E-state index in [2.05, 4.69) is 19.2 Å². The van der Waals surface area contributed by atoms with E-state index in [9.17, 15) is 4.79 Å². The van der Waals surface area contributed by atoms with E-state index >= 15 is 0 Å². The molecule has 0 radical (unpaired) electrons. The smallest absolute Gasteiger partial charge is 0.241 e. The summed E-state index contributed by atoms with van der Waals surface area (Å²) in [6, 6.07) is 7.77. The zero-order valence-corrected chi connectivity index (χ0v) is 17.7. The number of carbonyl (C=O) groups excluding carboxylic acids is 1. The fourth-order valence-corrected chi connectivity index (χ4v) is 3.49. The minimum absolute atomic E-state index is 0.0239. The third-order valence-corrected chi connectivity index (χ3v) is 5.93. The van der Waals surface area contributed by atoms with Gasteiger partial charge in [0.1, 0.15) is 11.3 Å². The van der Waals surface area contributed by atoms with E-state index in [4.69, 9.17) is 15.2 Å². The molecule has 0 heterocycles. The highest BCUT2D eigenvalue weighted by atomic mass is 16.5. The van der Waals surface area contributed by atoms with E-state index in [-0.39, 0.29) is 23.5 Å². The molecule has 3 unspecified atom stereocenters. The number of benzene rings is 1. The third kappa shape index (κ3) is 4.64. The molecule has 0 aromatic heterocycles. The molecule has 5 heteroatoms. The topological polar surface area (TPSA) is 73.6 Å². The fourth-order valence-electron chi connectivity index (χ4n) is 3.49. The molecule has 1 fully saturated rings. The first-order valence-electron chi connectivity index (χ1n) is 10.1. The van der Waals surface area contributed by atoms with E-state index in [0.717, 1.165) is 24.3 Å². The van der Waals surface area contributed by atoms with Crippen LogP contribution in [0, 0.1) is 11.3 Å². The maximum absolute atomic E-state index is 12.9. The quantitative estimate of drug-likeness (QED) is 0.687. The van der Waals surface area contributed by atoms with Gasteiger partial charge >= 0.3 is 0 Å². The second kappa shape index (κ2) is 8.61. The van der Waals surface area contributed by atoms with Crippen LogP contribution in [0.2, 0.25) is 0 Å². The molecule has 0 bridgehead atoms. The monoisotopic (exact) mass is 376 g/mol. The van der Waals surface area contributed by atoms with E-state index in [0.29, 0.717) is 18.9 Å². The zero-order chi connectivity index (χ0) is 20.2. The highest BCUT2D eigenvalue weighted by Crippen LogP contribution is 2.50. The summed E-state index contributed by atoms with van der Waals surface area (Å²) < 4.78 is 11.5. The highest BCUT2D eigenvalue weighted by Gasteiger charge is 2.62. The molecule has 0 aliphatic heterocycles. The summed E-state index contributed by atoms with van der Waals surface area (Å²) in [4.78, 5) is 12.9. The number of carbonyl (C=O) groups is 1. The average Bonchev–Trinajstić information content (AvgIpc) is 2.61. The van der Waals surface area contributed by atoms with Gasteiger partial charge in [-0.2, -0.15) is 0 Å². The van der Waals surface area contributed by atoms with Crippen LogP contribution in [-0.2, 0) is 9.53 Å². The Morgan fingerprint density at radius 2 is 1.89 bits per heavy atom. The van der Waals surface area contributed by atoms with E-state index in [1.807, 2.05) is 52.0 Å². The highest BCUT2D eigenvalue weighted by molar-refractivity contribution is 5.89. The van der Waals surface area contributed by atoms with Crippen LogP contribution in [0.25, 0.3) is 0 Å². The van der Waals surface area contributed by atoms with Gasteiger partial charge in [0.05, 0.1) is 18.8 Å². The molecule has 1 amide bonds. The molecular weight excluding hydrogens is 340 g/mol. The van der Waals surface area contributed by atoms with E-state index < -0.39 is 5.54 Å². The van der Waals surface area contributed by atoms with E-state index in [1.165, 1.54) is 0 Å². The van der Waals surface area contributed by atoms with Crippen LogP contribution in [0.15, 0.2) is 24.3 Å². The van der Waals surface area contributed by atoms with Crippen molar-refractivity contribution in [1.82, 2.24) is 5.32 Å². The second-order valence-corrected chi connectivity index (χ2v) is 8.64. The number of nitrogens with one attached hydrogen (secondary N) is 1. The Bertz CT molecular complexity index is 627. The summed E-state index contributed by atoms with van der Waals surface area (Å²) in [5, 5.41) is 3.07. The van der Waals surface area contributed by atoms with Gasteiger partial charge in [0.15, 0.2) is 0 Å². The van der Waals surface area contributed by atoms with Crippen LogP contribution in [-0.4, -0.2) is 30.8 Å². The number of hydrogen-bond acceptors (Lipinski definition) is 4. The number of hydrogen-bond donors (Lipinski definition) is 2. The van der Waals surface area contributed by atoms with Gasteiger partial charge in [-0.15, -0.1) is 0 Å². The van der Waals surface area contributed by atoms with E-state index in [1.54, 1.807) is 0 Å². The van der Waals surface area contributed by atoms with Crippen LogP contribution in [0.4, 0.5) is 0 Å². The molecule has 3 atom stereocenters. The van der Waals surface area contributed by atoms with Crippen molar-refractivity contribution in [3.63, 3.8) is 0 Å². The van der Waals surface area contributed by atoms with Crippen molar-refractivity contribution in [3.05, 3.63) is 29.8 Å². The van der Waals surface area contributed by atoms with Gasteiger partial charge in [0.25, 0.3) is 0 Å². The van der Waals surface area contributed by atoms with Gasteiger partial charge in [-0.3, -0.25) is 4.79 Å². The van der Waals surface area contributed by atoms with Crippen LogP contribution < -0.4 is 15.8 Å². The van der Waals surface area contributed by atoms with Crippen LogP contribution in [0.1, 0.15) is 66.0 Å². The molecule has 1 saturated carbocycles. The predicted octanol–water partition coefficient (Wildman–Crippen LogP) is 3.82. The fraction of sp³-hybridized carbons (Fsp3) is 0.682. The summed E-state index contributed by atoms with van der Waals surface area (Å²) in [6.07, 6.45) is 1.61. The molecule has 0 spiro atoms. The maximum Gasteiger partial charge on any atom is 0.241 e. The predicted molar refractivity (Wildman–Crippen MR) is 109 cm³/mol. The summed E-state index contributed by atoms with van der Waals surface area (Å²) >= 11 is 0. The first-order chi connectivity index (χ1) is 12.6. The first kappa shape index (κ1) is 21.7. The Balaban J connectivity index is 1.93. The summed E-state index contributed by atoms with van der Waals surface area (Å²) in [7, 11) is 0. The lowest BCUT2D eigenvalue weighted by Crippen LogP contribution is -2.75. The van der Waals surface area contributed by atoms with Crippen molar-refractivity contribution in [2.45, 2.75) is 72.1 Å². The van der Waals surface area contributed by atoms with Gasteiger partial charge in [-0.05, 0) is 43.9 Å². The lowest BCUT2D eigenvalue weighted by Gasteiger charge is -2.57. The molecule has 1 aromatic rings. The average molecular weight is 377 g/mol. The Labute approximate surface area is 164 Å². The van der Waals surface area contributed by atoms with Crippen LogP contribution in [0.3, 0.4) is 0 Å². The molecule has 3 N–H and O–H groups in total. The van der Waals surface area contributed by atoms with Gasteiger partial charge in [0, 0.05) is 18.4 Å². The molecule has 1 aliphatic rings. The van der Waals surface area contributed by atoms with Crippen molar-refractivity contribution in [2.24, 2.45) is 17.1 Å². The SMILES string of the molecule is CCOC1CC(N)(C(=O)NC(C)c2ccc(OCCC(C)C)cc2)C1(C)C. The number of nitrogens with two attached hydrogens (primary N) is 1. The molecule has 0 saturated heterocycles. The van der Waals surface area contributed by atoms with Gasteiger partial charge in [-0.25, -0.2) is 0 Å². The summed E-state index contributed by atoms with van der Waals surface area (Å²) in [6.45, 7) is 13.7. The molecule has 5 nitrogen and oxygen atoms in total. The lowest BCUT2D eigenvalue weighted by atomic mass is 9.54. The second-order valence-electron chi connectivity index (χ2n) is 8.64. The number of rotatable bonds is 9. The number of amides is 1. The Morgan fingerprint density at radius 3 is 2.41 bits per heavy atom. The van der Waals surface area contributed by atoms with Gasteiger partial charge < -0.3 is 20.5 Å². The zero-order valence-electron chi connectivity index (χ0n) is 17.7. The summed E-state index contributed by atoms with van der Waals surface area (Å²) in [5.41, 5.74) is 6.20. The van der Waals surface area contributed by atoms with Gasteiger partial charge in [0.2, 0.25) is 5.91 Å². The van der Waals surface area contributed by atoms with Crippen LogP contribution in [0.5, 0.6) is 5.75 Å². The van der Waals surface area contributed by atoms with Crippen molar-refractivity contribution >= 4 is 5.91 Å². The molecule has 2 rings (SSSR count). The van der Waals surface area contributed by atoms with Crippen molar-refractivity contribution in [1.29, 1.82) is 0 Å². The molecule has 27 heavy (non-hydrogen) atoms. The lowest BCUT2D eigenvalue weighted by molar-refractivity contribution is -0.171. The van der Waals surface area contributed by atoms with Crippen molar-refractivity contribution in [3.8, 4) is 5.75 Å². The number of ether oxygens (including phenoxy) is 2. The maximum atomic E-state index is 12.9. The van der Waals surface area contributed by atoms with Crippen LogP contribution >= 0.6 is 0 Å². The molecule has 152 valence electrons. The third-order valence-electron chi connectivity index (χ3n) is 5.93. The Kier molecular flexibility index (Phi) is 6.92. The Hall–Kier alpha value is -1.59. The molecular formula is C22H36N2O3. The molecule has 1 aliphatic carbocycles. The normalized spacial score (nSPS) is 25.0. The first-order valence-corrected chi connectivity index (χ1v) is 10.1. The van der Waals surface area contributed by atoms with Gasteiger partial charge in [-0.1, -0.05) is 39.8 Å². The van der Waals surface area contributed by atoms with Crippen molar-refractivity contribution < 1.29 is 14.3 Å². The minimum Gasteiger partial charge on any atom is -0.494 e. The Morgan fingerprint density at radius 1 is 1.26 bits per heavy atom. The largest absolute Gasteiger partial charge is 0.494 e. The standard InChI is InChI=1S/C22H36N2O3/c1-7-26-19-14-22(23,21(19,5)6)20(25)24-16(4)17-8-10-18(11-9-17)27-13-12-15(2)3/h8-11,15-16,19H,7,12-14,23H2,1-6H3,(H,24,25). The minimum atomic E-state index is -0.902. The van der Waals surface area contributed by atoms with Crippen molar-refractivity contribution in [2.75, 3.05) is 13.2 Å². The molecule has 1 aromatic carbocycles.